The van der Waals surface area contributed by atoms with Crippen molar-refractivity contribution in [2.75, 3.05) is 18.8 Å². The summed E-state index contributed by atoms with van der Waals surface area (Å²) in [6, 6.07) is 0. The number of rotatable bonds is 2. The molecule has 1 rings (SSSR count). The van der Waals surface area contributed by atoms with Gasteiger partial charge >= 0.3 is 5.97 Å². The minimum atomic E-state index is -0.208. The molecule has 0 aliphatic carbocycles. The SMILES string of the molecule is O=C(CS)OC1CCNCC1. The summed E-state index contributed by atoms with van der Waals surface area (Å²) in [6.45, 7) is 1.90. The van der Waals surface area contributed by atoms with Crippen molar-refractivity contribution in [1.82, 2.24) is 5.32 Å². The first-order valence-corrected chi connectivity index (χ1v) is 4.47. The Morgan fingerprint density at radius 3 is 2.73 bits per heavy atom. The van der Waals surface area contributed by atoms with Gasteiger partial charge in [-0.25, -0.2) is 0 Å². The van der Waals surface area contributed by atoms with Gasteiger partial charge in [0, 0.05) is 0 Å². The topological polar surface area (TPSA) is 38.3 Å². The van der Waals surface area contributed by atoms with E-state index >= 15 is 0 Å². The average molecular weight is 175 g/mol. The van der Waals surface area contributed by atoms with Crippen LogP contribution in [-0.2, 0) is 9.53 Å². The van der Waals surface area contributed by atoms with Crippen LogP contribution in [0.25, 0.3) is 0 Å². The summed E-state index contributed by atoms with van der Waals surface area (Å²) in [5.41, 5.74) is 0. The molecule has 0 atom stereocenters. The molecule has 0 aromatic heterocycles. The van der Waals surface area contributed by atoms with Gasteiger partial charge < -0.3 is 10.1 Å². The molecule has 1 aliphatic heterocycles. The van der Waals surface area contributed by atoms with Crippen LogP contribution in [0.15, 0.2) is 0 Å². The van der Waals surface area contributed by atoms with Crippen LogP contribution in [0.5, 0.6) is 0 Å². The fourth-order valence-corrected chi connectivity index (χ4v) is 1.21. The van der Waals surface area contributed by atoms with Crippen molar-refractivity contribution < 1.29 is 9.53 Å². The third kappa shape index (κ3) is 3.12. The molecule has 1 heterocycles. The van der Waals surface area contributed by atoms with Gasteiger partial charge in [-0.05, 0) is 25.9 Å². The molecule has 0 spiro atoms. The highest BCUT2D eigenvalue weighted by Crippen LogP contribution is 2.07. The second-order valence-electron chi connectivity index (χ2n) is 2.60. The fraction of sp³-hybridized carbons (Fsp3) is 0.857. The predicted octanol–water partition coefficient (Wildman–Crippen LogP) is 0.211. The molecule has 0 amide bonds. The fourth-order valence-electron chi connectivity index (χ4n) is 1.14. The Morgan fingerprint density at radius 1 is 1.55 bits per heavy atom. The summed E-state index contributed by atoms with van der Waals surface area (Å²) in [4.78, 5) is 10.8. The smallest absolute Gasteiger partial charge is 0.315 e. The first-order chi connectivity index (χ1) is 5.33. The molecule has 0 unspecified atom stereocenters. The van der Waals surface area contributed by atoms with Gasteiger partial charge in [-0.1, -0.05) is 0 Å². The zero-order chi connectivity index (χ0) is 8.10. The zero-order valence-corrected chi connectivity index (χ0v) is 7.27. The number of carbonyl (C=O) groups excluding carboxylic acids is 1. The standard InChI is InChI=1S/C7H13NO2S/c9-7(5-11)10-6-1-3-8-4-2-6/h6,8,11H,1-5H2. The maximum absolute atomic E-state index is 10.8. The average Bonchev–Trinajstić information content (AvgIpc) is 2.06. The van der Waals surface area contributed by atoms with E-state index in [1.165, 1.54) is 0 Å². The molecular formula is C7H13NO2S. The van der Waals surface area contributed by atoms with Gasteiger partial charge in [0.05, 0.1) is 5.75 Å². The van der Waals surface area contributed by atoms with Crippen LogP contribution in [0, 0.1) is 0 Å². The van der Waals surface area contributed by atoms with Crippen molar-refractivity contribution in [3.05, 3.63) is 0 Å². The number of hydrogen-bond donors (Lipinski definition) is 2. The van der Waals surface area contributed by atoms with Crippen LogP contribution in [0.1, 0.15) is 12.8 Å². The Hall–Kier alpha value is -0.220. The van der Waals surface area contributed by atoms with E-state index in [0.29, 0.717) is 0 Å². The number of piperidine rings is 1. The molecule has 0 saturated carbocycles. The normalized spacial score (nSPS) is 19.7. The van der Waals surface area contributed by atoms with Gasteiger partial charge in [-0.3, -0.25) is 4.79 Å². The molecule has 1 N–H and O–H groups in total. The van der Waals surface area contributed by atoms with Crippen LogP contribution in [0.4, 0.5) is 0 Å². The van der Waals surface area contributed by atoms with Crippen molar-refractivity contribution in [1.29, 1.82) is 0 Å². The maximum atomic E-state index is 10.8. The van der Waals surface area contributed by atoms with Gasteiger partial charge in [0.15, 0.2) is 0 Å². The summed E-state index contributed by atoms with van der Waals surface area (Å²) >= 11 is 3.82. The van der Waals surface area contributed by atoms with Crippen LogP contribution in [-0.4, -0.2) is 30.9 Å². The van der Waals surface area contributed by atoms with Crippen molar-refractivity contribution >= 4 is 18.6 Å². The summed E-state index contributed by atoms with van der Waals surface area (Å²) in [7, 11) is 0. The minimum absolute atomic E-state index is 0.121. The molecule has 1 saturated heterocycles. The highest BCUT2D eigenvalue weighted by atomic mass is 32.1. The van der Waals surface area contributed by atoms with Crippen LogP contribution in [0.3, 0.4) is 0 Å². The molecule has 0 aromatic carbocycles. The molecule has 11 heavy (non-hydrogen) atoms. The van der Waals surface area contributed by atoms with Gasteiger partial charge in [0.1, 0.15) is 6.10 Å². The molecule has 64 valence electrons. The molecule has 0 bridgehead atoms. The predicted molar refractivity (Wildman–Crippen MR) is 45.8 cm³/mol. The lowest BCUT2D eigenvalue weighted by Crippen LogP contribution is -2.34. The Balaban J connectivity index is 2.19. The third-order valence-electron chi connectivity index (χ3n) is 1.71. The molecule has 3 nitrogen and oxygen atoms in total. The second-order valence-corrected chi connectivity index (χ2v) is 2.91. The molecule has 0 aromatic rings. The van der Waals surface area contributed by atoms with Crippen LogP contribution >= 0.6 is 12.6 Å². The van der Waals surface area contributed by atoms with Gasteiger partial charge in [-0.2, -0.15) is 12.6 Å². The molecule has 0 radical (unpaired) electrons. The lowest BCUT2D eigenvalue weighted by atomic mass is 10.1. The Morgan fingerprint density at radius 2 is 2.18 bits per heavy atom. The van der Waals surface area contributed by atoms with Crippen LogP contribution in [0.2, 0.25) is 0 Å². The summed E-state index contributed by atoms with van der Waals surface area (Å²) in [5.74, 6) is -0.0237. The maximum Gasteiger partial charge on any atom is 0.315 e. The van der Waals surface area contributed by atoms with E-state index in [9.17, 15) is 4.79 Å². The highest BCUT2D eigenvalue weighted by Gasteiger charge is 2.15. The van der Waals surface area contributed by atoms with Crippen molar-refractivity contribution in [3.8, 4) is 0 Å². The number of hydrogen-bond acceptors (Lipinski definition) is 4. The Labute approximate surface area is 71.9 Å². The third-order valence-corrected chi connectivity index (χ3v) is 1.97. The number of thiol groups is 1. The lowest BCUT2D eigenvalue weighted by Gasteiger charge is -2.22. The van der Waals surface area contributed by atoms with Crippen molar-refractivity contribution in [2.24, 2.45) is 0 Å². The number of carbonyl (C=O) groups is 1. The Kier molecular flexibility index (Phi) is 3.72. The van der Waals surface area contributed by atoms with Gasteiger partial charge in [0.25, 0.3) is 0 Å². The van der Waals surface area contributed by atoms with E-state index < -0.39 is 0 Å². The number of ether oxygens (including phenoxy) is 1. The largest absolute Gasteiger partial charge is 0.462 e. The van der Waals surface area contributed by atoms with E-state index in [0.717, 1.165) is 25.9 Å². The summed E-state index contributed by atoms with van der Waals surface area (Å²) in [5, 5.41) is 3.20. The first kappa shape index (κ1) is 8.87. The van der Waals surface area contributed by atoms with E-state index in [1.807, 2.05) is 0 Å². The van der Waals surface area contributed by atoms with E-state index in [-0.39, 0.29) is 17.8 Å². The molecule has 1 fully saturated rings. The van der Waals surface area contributed by atoms with Crippen molar-refractivity contribution in [2.45, 2.75) is 18.9 Å². The van der Waals surface area contributed by atoms with Crippen LogP contribution < -0.4 is 5.32 Å². The highest BCUT2D eigenvalue weighted by molar-refractivity contribution is 7.81. The quantitative estimate of drug-likeness (QED) is 0.465. The van der Waals surface area contributed by atoms with E-state index in [4.69, 9.17) is 4.74 Å². The lowest BCUT2D eigenvalue weighted by molar-refractivity contribution is -0.146. The van der Waals surface area contributed by atoms with E-state index in [1.54, 1.807) is 0 Å². The second kappa shape index (κ2) is 4.62. The van der Waals surface area contributed by atoms with E-state index in [2.05, 4.69) is 17.9 Å². The molecule has 4 heteroatoms. The first-order valence-electron chi connectivity index (χ1n) is 3.84. The van der Waals surface area contributed by atoms with Crippen molar-refractivity contribution in [3.63, 3.8) is 0 Å². The summed E-state index contributed by atoms with van der Waals surface area (Å²) in [6.07, 6.45) is 1.98. The van der Waals surface area contributed by atoms with Gasteiger partial charge in [-0.15, -0.1) is 0 Å². The minimum Gasteiger partial charge on any atom is -0.462 e. The molecular weight excluding hydrogens is 162 g/mol. The van der Waals surface area contributed by atoms with Gasteiger partial charge in [0.2, 0.25) is 0 Å². The summed E-state index contributed by atoms with van der Waals surface area (Å²) < 4.78 is 5.09. The monoisotopic (exact) mass is 175 g/mol. The zero-order valence-electron chi connectivity index (χ0n) is 6.38. The Bertz CT molecular complexity index is 134. The number of esters is 1. The molecule has 1 aliphatic rings. The number of nitrogens with one attached hydrogen (secondary N) is 1.